The van der Waals surface area contributed by atoms with Crippen LogP contribution in [0.2, 0.25) is 0 Å². The number of aldehydes is 2. The fourth-order valence-electron chi connectivity index (χ4n) is 4.62. The van der Waals surface area contributed by atoms with Crippen molar-refractivity contribution in [2.24, 2.45) is 0 Å². The van der Waals surface area contributed by atoms with E-state index in [4.69, 9.17) is 24.3 Å². The van der Waals surface area contributed by atoms with Gasteiger partial charge in [0.15, 0.2) is 5.60 Å². The van der Waals surface area contributed by atoms with Gasteiger partial charge in [-0.3, -0.25) is 9.59 Å². The lowest BCUT2D eigenvalue weighted by Gasteiger charge is -2.27. The predicted molar refractivity (Wildman–Crippen MR) is 139 cm³/mol. The smallest absolute Gasteiger partial charge is 0.482 e. The maximum absolute atomic E-state index is 11.1. The van der Waals surface area contributed by atoms with Gasteiger partial charge in [0.05, 0.1) is 13.2 Å². The van der Waals surface area contributed by atoms with Gasteiger partial charge in [-0.05, 0) is 53.7 Å². The molecule has 3 aromatic carbocycles. The van der Waals surface area contributed by atoms with Crippen LogP contribution >= 0.6 is 0 Å². The van der Waals surface area contributed by atoms with Crippen LogP contribution in [0.4, 0.5) is 0 Å². The van der Waals surface area contributed by atoms with Crippen LogP contribution in [0, 0.1) is 13.8 Å². The monoisotopic (exact) mass is 490 g/mol. The predicted octanol–water partition coefficient (Wildman–Crippen LogP) is 2.93. The van der Waals surface area contributed by atoms with E-state index in [1.54, 1.807) is 26.4 Å². The molecule has 3 aromatic rings. The molecule has 0 spiro atoms. The molecule has 0 saturated carbocycles. The van der Waals surface area contributed by atoms with Crippen molar-refractivity contribution in [3.8, 4) is 16.9 Å². The topological polar surface area (TPSA) is 102 Å². The number of benzene rings is 3. The molecule has 1 aliphatic heterocycles. The maximum atomic E-state index is 11.1. The second-order valence-electron chi connectivity index (χ2n) is 8.90. The molecule has 188 valence electrons. The molecule has 0 radical (unpaired) electrons. The number of rotatable bonds is 8. The molecular formula is C28H31BO7. The van der Waals surface area contributed by atoms with Crippen molar-refractivity contribution in [3.05, 3.63) is 82.4 Å². The van der Waals surface area contributed by atoms with Crippen molar-refractivity contribution in [3.63, 3.8) is 0 Å². The Morgan fingerprint density at radius 3 is 2.14 bits per heavy atom. The van der Waals surface area contributed by atoms with E-state index in [9.17, 15) is 9.59 Å². The van der Waals surface area contributed by atoms with E-state index in [2.05, 4.69) is 19.9 Å². The largest absolute Gasteiger partial charge is 0.488 e. The molecule has 0 amide bonds. The summed E-state index contributed by atoms with van der Waals surface area (Å²) in [4.78, 5) is 21.3. The highest BCUT2D eigenvalue weighted by atomic mass is 16.6. The lowest BCUT2D eigenvalue weighted by Crippen LogP contribution is -2.44. The van der Waals surface area contributed by atoms with Gasteiger partial charge in [-0.1, -0.05) is 42.5 Å². The standard InChI is InChI=1S/C21H24O4.C7H7BO3/c1-14-8-19-18(10-21(25-19,12-23-3)13-24-4)15(2)20(14)17-7-5-6-16(9-17)11-22;9-5-6-2-1-3-7(4-6)8(10)11/h5-9,11H,10,12-13H2,1-4H3;1-5,10-11H. The summed E-state index contributed by atoms with van der Waals surface area (Å²) < 4.78 is 17.0. The molecule has 0 fully saturated rings. The molecule has 8 heteroatoms. The fraction of sp³-hybridized carbons (Fsp3) is 0.286. The molecule has 0 unspecified atom stereocenters. The normalized spacial score (nSPS) is 13.2. The zero-order chi connectivity index (χ0) is 26.3. The summed E-state index contributed by atoms with van der Waals surface area (Å²) in [5.74, 6) is 0.902. The second-order valence-corrected chi connectivity index (χ2v) is 8.90. The van der Waals surface area contributed by atoms with Gasteiger partial charge in [-0.2, -0.15) is 0 Å². The fourth-order valence-corrected chi connectivity index (χ4v) is 4.62. The maximum Gasteiger partial charge on any atom is 0.488 e. The Labute approximate surface area is 211 Å². The molecule has 0 bridgehead atoms. The van der Waals surface area contributed by atoms with Crippen molar-refractivity contribution in [2.75, 3.05) is 27.4 Å². The van der Waals surface area contributed by atoms with E-state index in [1.165, 1.54) is 23.3 Å². The van der Waals surface area contributed by atoms with E-state index < -0.39 is 12.7 Å². The van der Waals surface area contributed by atoms with Crippen LogP contribution in [-0.4, -0.2) is 62.8 Å². The molecule has 7 nitrogen and oxygen atoms in total. The van der Waals surface area contributed by atoms with E-state index in [0.717, 1.165) is 35.1 Å². The number of methoxy groups -OCH3 is 2. The highest BCUT2D eigenvalue weighted by molar-refractivity contribution is 6.58. The molecule has 2 N–H and O–H groups in total. The Balaban J connectivity index is 0.000000275. The van der Waals surface area contributed by atoms with E-state index in [-0.39, 0.29) is 0 Å². The Morgan fingerprint density at radius 1 is 0.944 bits per heavy atom. The van der Waals surface area contributed by atoms with Gasteiger partial charge in [0.25, 0.3) is 0 Å². The zero-order valence-electron chi connectivity index (χ0n) is 21.0. The Kier molecular flexibility index (Phi) is 9.17. The highest BCUT2D eigenvalue weighted by Crippen LogP contribution is 2.43. The van der Waals surface area contributed by atoms with E-state index in [0.29, 0.717) is 36.1 Å². The number of carbonyl (C=O) groups excluding carboxylic acids is 2. The number of carbonyl (C=O) groups is 2. The summed E-state index contributed by atoms with van der Waals surface area (Å²) >= 11 is 0. The van der Waals surface area contributed by atoms with E-state index in [1.807, 2.05) is 24.3 Å². The summed E-state index contributed by atoms with van der Waals surface area (Å²) in [7, 11) is 1.85. The molecular weight excluding hydrogens is 459 g/mol. The first-order chi connectivity index (χ1) is 17.3. The quantitative estimate of drug-likeness (QED) is 0.370. The molecule has 1 aliphatic rings. The Morgan fingerprint density at radius 2 is 1.56 bits per heavy atom. The number of aryl methyl sites for hydroxylation is 1. The van der Waals surface area contributed by atoms with Crippen molar-refractivity contribution in [2.45, 2.75) is 25.9 Å². The van der Waals surface area contributed by atoms with Crippen LogP contribution in [0.3, 0.4) is 0 Å². The molecule has 4 rings (SSSR count). The van der Waals surface area contributed by atoms with Crippen LogP contribution in [0.5, 0.6) is 5.75 Å². The van der Waals surface area contributed by atoms with Gasteiger partial charge >= 0.3 is 7.12 Å². The Bertz CT molecular complexity index is 1220. The summed E-state index contributed by atoms with van der Waals surface area (Å²) in [6, 6.07) is 16.0. The lowest BCUT2D eigenvalue weighted by atomic mass is 9.80. The summed E-state index contributed by atoms with van der Waals surface area (Å²) in [6.45, 7) is 5.15. The van der Waals surface area contributed by atoms with Crippen LogP contribution in [0.15, 0.2) is 54.6 Å². The molecule has 0 aliphatic carbocycles. The highest BCUT2D eigenvalue weighted by Gasteiger charge is 2.41. The van der Waals surface area contributed by atoms with Crippen LogP contribution in [0.1, 0.15) is 37.4 Å². The lowest BCUT2D eigenvalue weighted by molar-refractivity contribution is -0.0450. The first-order valence-corrected chi connectivity index (χ1v) is 11.5. The minimum absolute atomic E-state index is 0.328. The van der Waals surface area contributed by atoms with E-state index >= 15 is 0 Å². The van der Waals surface area contributed by atoms with Gasteiger partial charge in [-0.15, -0.1) is 0 Å². The number of hydrogen-bond donors (Lipinski definition) is 2. The first-order valence-electron chi connectivity index (χ1n) is 11.5. The number of hydrogen-bond acceptors (Lipinski definition) is 7. The number of ether oxygens (including phenoxy) is 3. The molecule has 0 atom stereocenters. The zero-order valence-corrected chi connectivity index (χ0v) is 21.0. The third-order valence-corrected chi connectivity index (χ3v) is 6.16. The van der Waals surface area contributed by atoms with Crippen molar-refractivity contribution >= 4 is 25.2 Å². The van der Waals surface area contributed by atoms with Crippen LogP contribution < -0.4 is 10.2 Å². The summed E-state index contributed by atoms with van der Waals surface area (Å²) in [5, 5.41) is 17.4. The van der Waals surface area contributed by atoms with Crippen LogP contribution in [-0.2, 0) is 15.9 Å². The average molecular weight is 490 g/mol. The SMILES string of the molecule is COCC1(COC)Cc2c(cc(C)c(-c3cccc(C=O)c3)c2C)O1.O=Cc1cccc(B(O)O)c1. The Hall–Kier alpha value is -3.30. The molecule has 0 saturated heterocycles. The third kappa shape index (κ3) is 6.09. The van der Waals surface area contributed by atoms with Crippen LogP contribution in [0.25, 0.3) is 11.1 Å². The van der Waals surface area contributed by atoms with Crippen molar-refractivity contribution in [1.29, 1.82) is 0 Å². The van der Waals surface area contributed by atoms with Gasteiger partial charge < -0.3 is 24.3 Å². The van der Waals surface area contributed by atoms with Gasteiger partial charge in [0.1, 0.15) is 18.3 Å². The molecule has 0 aromatic heterocycles. The van der Waals surface area contributed by atoms with Crippen molar-refractivity contribution in [1.82, 2.24) is 0 Å². The van der Waals surface area contributed by atoms with Gasteiger partial charge in [-0.25, -0.2) is 0 Å². The molecule has 1 heterocycles. The minimum atomic E-state index is -1.50. The minimum Gasteiger partial charge on any atom is -0.482 e. The molecule has 36 heavy (non-hydrogen) atoms. The average Bonchev–Trinajstić information content (AvgIpc) is 3.23. The third-order valence-electron chi connectivity index (χ3n) is 6.16. The summed E-state index contributed by atoms with van der Waals surface area (Å²) in [6.07, 6.45) is 2.29. The second kappa shape index (κ2) is 12.1. The van der Waals surface area contributed by atoms with Gasteiger partial charge in [0.2, 0.25) is 0 Å². The van der Waals surface area contributed by atoms with Crippen molar-refractivity contribution < 1.29 is 33.8 Å². The number of fused-ring (bicyclic) bond motifs is 1. The van der Waals surface area contributed by atoms with Gasteiger partial charge in [0, 0.05) is 37.3 Å². The first kappa shape index (κ1) is 27.3. The summed E-state index contributed by atoms with van der Waals surface area (Å²) in [5.41, 5.74) is 6.69.